The van der Waals surface area contributed by atoms with Gasteiger partial charge in [0.2, 0.25) is 0 Å². The first-order chi connectivity index (χ1) is 13.8. The van der Waals surface area contributed by atoms with Gasteiger partial charge in [0.05, 0.1) is 4.92 Å². The summed E-state index contributed by atoms with van der Waals surface area (Å²) in [5, 5.41) is 15.4. The normalized spacial score (nSPS) is 10.1. The van der Waals surface area contributed by atoms with E-state index in [1.54, 1.807) is 0 Å². The molecular formula is C18H15ClFN3O6. The summed E-state index contributed by atoms with van der Waals surface area (Å²) < 4.78 is 17.5. The van der Waals surface area contributed by atoms with Crippen LogP contribution >= 0.6 is 11.6 Å². The number of hydrogen-bond acceptors (Lipinski definition) is 6. The Kier molecular flexibility index (Phi) is 7.61. The largest absolute Gasteiger partial charge is 0.454 e. The van der Waals surface area contributed by atoms with Crippen molar-refractivity contribution < 1.29 is 28.4 Å². The van der Waals surface area contributed by atoms with Crippen LogP contribution in [-0.4, -0.2) is 35.9 Å². The first-order valence-corrected chi connectivity index (χ1v) is 8.53. The Bertz CT molecular complexity index is 936. The summed E-state index contributed by atoms with van der Waals surface area (Å²) in [5.41, 5.74) is 0.154. The number of esters is 1. The van der Waals surface area contributed by atoms with E-state index in [0.717, 1.165) is 6.07 Å². The molecule has 2 N–H and O–H groups in total. The third-order valence-electron chi connectivity index (χ3n) is 3.57. The Morgan fingerprint density at radius 2 is 1.79 bits per heavy atom. The standard InChI is InChI=1S/C18H15ClFN3O6/c19-14-6-3-12(7-15(14)23(27)28)18(26)22-9-17(25)29-10-16(24)21-8-11-1-4-13(20)5-2-11/h1-7H,8-10H2,(H,21,24)(H,22,26). The number of ether oxygens (including phenoxy) is 1. The molecule has 0 atom stereocenters. The highest BCUT2D eigenvalue weighted by Gasteiger charge is 2.17. The average molecular weight is 424 g/mol. The second-order valence-electron chi connectivity index (χ2n) is 5.67. The van der Waals surface area contributed by atoms with Crippen molar-refractivity contribution in [1.29, 1.82) is 0 Å². The maximum atomic E-state index is 12.8. The quantitative estimate of drug-likeness (QED) is 0.379. The van der Waals surface area contributed by atoms with Gasteiger partial charge in [-0.25, -0.2) is 4.39 Å². The van der Waals surface area contributed by atoms with Gasteiger partial charge in [-0.1, -0.05) is 23.7 Å². The molecule has 2 aromatic rings. The number of nitrogens with one attached hydrogen (secondary N) is 2. The lowest BCUT2D eigenvalue weighted by Gasteiger charge is -2.08. The summed E-state index contributed by atoms with van der Waals surface area (Å²) in [6, 6.07) is 8.93. The van der Waals surface area contributed by atoms with Crippen molar-refractivity contribution in [2.45, 2.75) is 6.54 Å². The smallest absolute Gasteiger partial charge is 0.325 e. The van der Waals surface area contributed by atoms with Crippen LogP contribution in [0.15, 0.2) is 42.5 Å². The molecule has 0 spiro atoms. The van der Waals surface area contributed by atoms with Crippen molar-refractivity contribution in [1.82, 2.24) is 10.6 Å². The fraction of sp³-hybridized carbons (Fsp3) is 0.167. The van der Waals surface area contributed by atoms with E-state index in [4.69, 9.17) is 16.3 Å². The van der Waals surface area contributed by atoms with Gasteiger partial charge in [0, 0.05) is 18.2 Å². The van der Waals surface area contributed by atoms with Crippen molar-refractivity contribution >= 4 is 35.1 Å². The van der Waals surface area contributed by atoms with E-state index in [2.05, 4.69) is 10.6 Å². The molecule has 0 fully saturated rings. The maximum Gasteiger partial charge on any atom is 0.325 e. The molecule has 0 aliphatic carbocycles. The zero-order valence-electron chi connectivity index (χ0n) is 14.8. The average Bonchev–Trinajstić information content (AvgIpc) is 2.70. The van der Waals surface area contributed by atoms with E-state index >= 15 is 0 Å². The molecule has 2 amide bonds. The Hall–Kier alpha value is -3.53. The summed E-state index contributed by atoms with van der Waals surface area (Å²) >= 11 is 5.66. The number of halogens is 2. The number of nitro groups is 1. The van der Waals surface area contributed by atoms with E-state index in [0.29, 0.717) is 5.56 Å². The third kappa shape index (κ3) is 6.85. The lowest BCUT2D eigenvalue weighted by atomic mass is 10.2. The molecule has 0 saturated carbocycles. The number of nitro benzene ring substituents is 1. The highest BCUT2D eigenvalue weighted by molar-refractivity contribution is 6.32. The second-order valence-corrected chi connectivity index (χ2v) is 6.08. The topological polar surface area (TPSA) is 128 Å². The van der Waals surface area contributed by atoms with Crippen molar-refractivity contribution in [3.05, 3.63) is 74.5 Å². The first-order valence-electron chi connectivity index (χ1n) is 8.15. The number of amides is 2. The van der Waals surface area contributed by atoms with E-state index in [9.17, 15) is 28.9 Å². The number of rotatable bonds is 8. The first kappa shape index (κ1) is 21.8. The van der Waals surface area contributed by atoms with Gasteiger partial charge in [-0.3, -0.25) is 24.5 Å². The monoisotopic (exact) mass is 423 g/mol. The summed E-state index contributed by atoms with van der Waals surface area (Å²) in [4.78, 5) is 45.4. The van der Waals surface area contributed by atoms with Gasteiger partial charge >= 0.3 is 5.97 Å². The molecule has 0 aromatic heterocycles. The molecule has 152 valence electrons. The van der Waals surface area contributed by atoms with Gasteiger partial charge in [0.15, 0.2) is 6.61 Å². The highest BCUT2D eigenvalue weighted by Crippen LogP contribution is 2.24. The molecule has 0 aliphatic rings. The van der Waals surface area contributed by atoms with Crippen molar-refractivity contribution in [2.24, 2.45) is 0 Å². The molecule has 11 heteroatoms. The molecule has 2 rings (SSSR count). The fourth-order valence-corrected chi connectivity index (χ4v) is 2.29. The zero-order valence-corrected chi connectivity index (χ0v) is 15.6. The summed E-state index contributed by atoms with van der Waals surface area (Å²) in [6.07, 6.45) is 0. The van der Waals surface area contributed by atoms with Crippen LogP contribution in [0.3, 0.4) is 0 Å². The molecule has 0 unspecified atom stereocenters. The lowest BCUT2D eigenvalue weighted by Crippen LogP contribution is -2.33. The maximum absolute atomic E-state index is 12.8. The predicted octanol–water partition coefficient (Wildman–Crippen LogP) is 1.98. The van der Waals surface area contributed by atoms with Crippen LogP contribution in [0.5, 0.6) is 0 Å². The van der Waals surface area contributed by atoms with E-state index < -0.39 is 47.4 Å². The Morgan fingerprint density at radius 1 is 1.10 bits per heavy atom. The van der Waals surface area contributed by atoms with Crippen molar-refractivity contribution in [2.75, 3.05) is 13.2 Å². The van der Waals surface area contributed by atoms with Crippen LogP contribution < -0.4 is 10.6 Å². The van der Waals surface area contributed by atoms with Crippen LogP contribution in [0.1, 0.15) is 15.9 Å². The zero-order chi connectivity index (χ0) is 21.4. The van der Waals surface area contributed by atoms with Crippen LogP contribution in [0.4, 0.5) is 10.1 Å². The molecule has 0 aliphatic heterocycles. The second kappa shape index (κ2) is 10.1. The molecular weight excluding hydrogens is 409 g/mol. The fourth-order valence-electron chi connectivity index (χ4n) is 2.10. The van der Waals surface area contributed by atoms with Crippen LogP contribution in [0.2, 0.25) is 5.02 Å². The van der Waals surface area contributed by atoms with Crippen LogP contribution in [-0.2, 0) is 20.9 Å². The number of hydrogen-bond donors (Lipinski definition) is 2. The van der Waals surface area contributed by atoms with Gasteiger partial charge in [0.1, 0.15) is 17.4 Å². The van der Waals surface area contributed by atoms with E-state index in [1.165, 1.54) is 36.4 Å². The SMILES string of the molecule is O=C(COC(=O)CNC(=O)c1ccc(Cl)c([N+](=O)[O-])c1)NCc1ccc(F)cc1. The van der Waals surface area contributed by atoms with Crippen LogP contribution in [0, 0.1) is 15.9 Å². The number of carbonyl (C=O) groups is 3. The minimum atomic E-state index is -0.876. The molecule has 0 saturated heterocycles. The molecule has 0 heterocycles. The third-order valence-corrected chi connectivity index (χ3v) is 3.89. The summed E-state index contributed by atoms with van der Waals surface area (Å²) in [7, 11) is 0. The summed E-state index contributed by atoms with van der Waals surface area (Å²) in [5.74, 6) is -2.60. The van der Waals surface area contributed by atoms with Gasteiger partial charge in [-0.15, -0.1) is 0 Å². The van der Waals surface area contributed by atoms with Gasteiger partial charge in [-0.2, -0.15) is 0 Å². The minimum absolute atomic E-state index is 0.0639. The Labute approximate surface area is 168 Å². The van der Waals surface area contributed by atoms with E-state index in [1.807, 2.05) is 0 Å². The van der Waals surface area contributed by atoms with E-state index in [-0.39, 0.29) is 17.1 Å². The molecule has 9 nitrogen and oxygen atoms in total. The number of carbonyl (C=O) groups excluding carboxylic acids is 3. The van der Waals surface area contributed by atoms with Crippen molar-refractivity contribution in [3.63, 3.8) is 0 Å². The van der Waals surface area contributed by atoms with Crippen molar-refractivity contribution in [3.8, 4) is 0 Å². The van der Waals surface area contributed by atoms with Gasteiger partial charge < -0.3 is 15.4 Å². The predicted molar refractivity (Wildman–Crippen MR) is 99.6 cm³/mol. The molecule has 0 bridgehead atoms. The lowest BCUT2D eigenvalue weighted by molar-refractivity contribution is -0.384. The Balaban J connectivity index is 1.74. The van der Waals surface area contributed by atoms with Gasteiger partial charge in [0.25, 0.3) is 17.5 Å². The highest BCUT2D eigenvalue weighted by atomic mass is 35.5. The Morgan fingerprint density at radius 3 is 2.45 bits per heavy atom. The molecule has 0 radical (unpaired) electrons. The minimum Gasteiger partial charge on any atom is -0.454 e. The molecule has 29 heavy (non-hydrogen) atoms. The summed E-state index contributed by atoms with van der Waals surface area (Å²) in [6.45, 7) is -0.981. The number of nitrogens with zero attached hydrogens (tertiary/aromatic N) is 1. The van der Waals surface area contributed by atoms with Crippen LogP contribution in [0.25, 0.3) is 0 Å². The number of benzene rings is 2. The van der Waals surface area contributed by atoms with Gasteiger partial charge in [-0.05, 0) is 29.8 Å². The molecule has 2 aromatic carbocycles.